The molecule has 0 saturated heterocycles. The van der Waals surface area contributed by atoms with E-state index in [0.717, 1.165) is 6.42 Å². The maximum absolute atomic E-state index is 9.89. The molecule has 8 heteroatoms. The van der Waals surface area contributed by atoms with Crippen molar-refractivity contribution in [3.05, 3.63) is 12.2 Å². The first-order chi connectivity index (χ1) is 4.29. The molecule has 0 unspecified atom stereocenters. The van der Waals surface area contributed by atoms with E-state index < -0.39 is 5.97 Å². The zero-order valence-electron chi connectivity index (χ0n) is 5.34. The van der Waals surface area contributed by atoms with Gasteiger partial charge in [0.1, 0.15) is 0 Å². The number of aliphatic carboxylic acids is 1. The summed E-state index contributed by atoms with van der Waals surface area (Å²) in [5.41, 5.74) is 0. The number of rotatable bonds is 2. The van der Waals surface area contributed by atoms with Crippen LogP contribution in [0.15, 0.2) is 0 Å². The summed E-state index contributed by atoms with van der Waals surface area (Å²) >= 11 is 0. The first kappa shape index (κ1) is 13.2. The Morgan fingerprint density at radius 3 is 2.64 bits per heavy atom. The van der Waals surface area contributed by atoms with E-state index >= 15 is 0 Å². The standard InChI is InChI=1S/C3H3N4O2.Fe.Zn/c8-3(9)1-2-4-6-7-5-2;;/h1H,(H,8,9)(H,4,5,6,7);;/q-1;;. The third-order valence-corrected chi connectivity index (χ3v) is 0.614. The van der Waals surface area contributed by atoms with Crippen molar-refractivity contribution < 1.29 is 46.4 Å². The number of nitrogens with one attached hydrogen (secondary N) is 1. The summed E-state index contributed by atoms with van der Waals surface area (Å²) in [6.45, 7) is 0. The molecule has 11 heavy (non-hydrogen) atoms. The van der Waals surface area contributed by atoms with Gasteiger partial charge in [0.05, 0.1) is 5.82 Å². The third kappa shape index (κ3) is 4.89. The molecule has 1 heterocycles. The van der Waals surface area contributed by atoms with Gasteiger partial charge in [0.25, 0.3) is 0 Å². The van der Waals surface area contributed by atoms with E-state index in [1.54, 1.807) is 0 Å². The van der Waals surface area contributed by atoms with Gasteiger partial charge in [0.15, 0.2) is 5.97 Å². The average Bonchev–Trinajstić information content (AvgIpc) is 2.15. The smallest absolute Gasteiger partial charge is 0.170 e. The van der Waals surface area contributed by atoms with Crippen LogP contribution in [0.3, 0.4) is 0 Å². The summed E-state index contributed by atoms with van der Waals surface area (Å²) in [5.74, 6) is -1.01. The van der Waals surface area contributed by atoms with E-state index in [4.69, 9.17) is 5.11 Å². The monoisotopic (exact) mass is 247 g/mol. The van der Waals surface area contributed by atoms with Crippen molar-refractivity contribution in [3.8, 4) is 0 Å². The van der Waals surface area contributed by atoms with Crippen LogP contribution in [-0.4, -0.2) is 31.7 Å². The molecule has 1 rings (SSSR count). The van der Waals surface area contributed by atoms with Gasteiger partial charge in [-0.05, 0) is 0 Å². The van der Waals surface area contributed by atoms with Crippen molar-refractivity contribution in [2.75, 3.05) is 0 Å². The largest absolute Gasteiger partial charge is 0.503 e. The fraction of sp³-hybridized carbons (Fsp3) is 0. The van der Waals surface area contributed by atoms with Crippen molar-refractivity contribution in [2.24, 2.45) is 0 Å². The van der Waals surface area contributed by atoms with Gasteiger partial charge in [-0.2, -0.15) is 10.3 Å². The second kappa shape index (κ2) is 6.28. The summed E-state index contributed by atoms with van der Waals surface area (Å²) in [5, 5.41) is 20.1. The predicted octanol–water partition coefficient (Wildman–Crippen LogP) is -1.17. The molecule has 0 aromatic carbocycles. The molecule has 2 N–H and O–H groups in total. The number of carbonyl (C=O) groups is 1. The molecule has 1 aromatic rings. The van der Waals surface area contributed by atoms with Crippen LogP contribution >= 0.6 is 0 Å². The Morgan fingerprint density at radius 2 is 2.27 bits per heavy atom. The minimum atomic E-state index is -1.09. The number of carboxylic acids is 1. The summed E-state index contributed by atoms with van der Waals surface area (Å²) in [4.78, 5) is 9.89. The molecule has 0 bridgehead atoms. The molecular formula is C3H3FeN4O2Zn-. The molecule has 0 fully saturated rings. The summed E-state index contributed by atoms with van der Waals surface area (Å²) in [6, 6.07) is 0. The number of H-pyrrole nitrogens is 1. The molecule has 0 amide bonds. The third-order valence-electron chi connectivity index (χ3n) is 0.614. The Hall–Kier alpha value is -0.447. The molecule has 6 nitrogen and oxygen atoms in total. The topological polar surface area (TPSA) is 91.8 Å². The molecule has 58 valence electrons. The van der Waals surface area contributed by atoms with Crippen LogP contribution in [0, 0.1) is 6.42 Å². The van der Waals surface area contributed by atoms with Gasteiger partial charge in [-0.1, -0.05) is 5.21 Å². The zero-order chi connectivity index (χ0) is 6.69. The van der Waals surface area contributed by atoms with Gasteiger partial charge in [-0.3, -0.25) is 4.79 Å². The molecular weight excluding hydrogens is 245 g/mol. The van der Waals surface area contributed by atoms with Crippen molar-refractivity contribution >= 4 is 5.97 Å². The Balaban J connectivity index is 0. The molecule has 0 aliphatic heterocycles. The summed E-state index contributed by atoms with van der Waals surface area (Å²) in [6.07, 6.45) is 0.851. The SMILES string of the molecule is O=C(O)[CH-]c1nn[nH]n1.[Fe].[Zn]. The normalized spacial score (nSPS) is 7.27. The van der Waals surface area contributed by atoms with Crippen LogP contribution in [0.2, 0.25) is 0 Å². The number of carboxylic acid groups (broad SMARTS) is 1. The van der Waals surface area contributed by atoms with Gasteiger partial charge in [0.2, 0.25) is 0 Å². The van der Waals surface area contributed by atoms with Gasteiger partial charge in [-0.25, -0.2) is 6.42 Å². The quantitative estimate of drug-likeness (QED) is 0.508. The number of aromatic amines is 1. The average molecular weight is 248 g/mol. The number of aromatic nitrogens is 4. The molecule has 0 aliphatic carbocycles. The van der Waals surface area contributed by atoms with Crippen LogP contribution in [0.5, 0.6) is 0 Å². The minimum absolute atomic E-state index is 0. The van der Waals surface area contributed by atoms with Gasteiger partial charge in [0, 0.05) is 36.5 Å². The fourth-order valence-electron chi connectivity index (χ4n) is 0.341. The molecule has 0 spiro atoms. The first-order valence-electron chi connectivity index (χ1n) is 2.10. The molecule has 0 radical (unpaired) electrons. The molecule has 0 saturated carbocycles. The number of tetrazole rings is 1. The zero-order valence-corrected chi connectivity index (χ0v) is 9.41. The fourth-order valence-corrected chi connectivity index (χ4v) is 0.341. The van der Waals surface area contributed by atoms with E-state index in [1.165, 1.54) is 0 Å². The summed E-state index contributed by atoms with van der Waals surface area (Å²) < 4.78 is 0. The minimum Gasteiger partial charge on any atom is -0.503 e. The van der Waals surface area contributed by atoms with E-state index in [1.807, 2.05) is 0 Å². The van der Waals surface area contributed by atoms with E-state index in [-0.39, 0.29) is 42.4 Å². The van der Waals surface area contributed by atoms with Crippen LogP contribution in [0.25, 0.3) is 0 Å². The number of hydrogen-bond acceptors (Lipinski definition) is 4. The Morgan fingerprint density at radius 1 is 1.64 bits per heavy atom. The van der Waals surface area contributed by atoms with Crippen LogP contribution in [-0.2, 0) is 41.3 Å². The Bertz CT molecular complexity index is 203. The van der Waals surface area contributed by atoms with Crippen molar-refractivity contribution in [1.82, 2.24) is 20.6 Å². The van der Waals surface area contributed by atoms with Crippen LogP contribution in [0.4, 0.5) is 0 Å². The van der Waals surface area contributed by atoms with E-state index in [2.05, 4.69) is 20.6 Å². The Kier molecular flexibility index (Phi) is 7.51. The van der Waals surface area contributed by atoms with Gasteiger partial charge >= 0.3 is 0 Å². The maximum Gasteiger partial charge on any atom is 0.170 e. The van der Waals surface area contributed by atoms with Gasteiger partial charge < -0.3 is 5.11 Å². The molecule has 1 aromatic heterocycles. The van der Waals surface area contributed by atoms with E-state index in [9.17, 15) is 4.79 Å². The van der Waals surface area contributed by atoms with Crippen LogP contribution in [0.1, 0.15) is 5.82 Å². The van der Waals surface area contributed by atoms with Gasteiger partial charge in [-0.15, -0.1) is 5.10 Å². The van der Waals surface area contributed by atoms with E-state index in [0.29, 0.717) is 0 Å². The van der Waals surface area contributed by atoms with Crippen molar-refractivity contribution in [1.29, 1.82) is 0 Å². The van der Waals surface area contributed by atoms with Crippen molar-refractivity contribution in [2.45, 2.75) is 0 Å². The van der Waals surface area contributed by atoms with Crippen molar-refractivity contribution in [3.63, 3.8) is 0 Å². The predicted molar refractivity (Wildman–Crippen MR) is 25.2 cm³/mol. The number of nitrogens with zero attached hydrogens (tertiary/aromatic N) is 3. The second-order valence-corrected chi connectivity index (χ2v) is 1.25. The van der Waals surface area contributed by atoms with Crippen LogP contribution < -0.4 is 0 Å². The summed E-state index contributed by atoms with van der Waals surface area (Å²) in [7, 11) is 0. The second-order valence-electron chi connectivity index (χ2n) is 1.25. The Labute approximate surface area is 85.4 Å². The maximum atomic E-state index is 9.89. The first-order valence-corrected chi connectivity index (χ1v) is 2.10. The molecule has 0 atom stereocenters. The number of hydrogen-bond donors (Lipinski definition) is 2. The molecule has 0 aliphatic rings.